The van der Waals surface area contributed by atoms with Gasteiger partial charge >= 0.3 is 0 Å². The van der Waals surface area contributed by atoms with Gasteiger partial charge in [-0.2, -0.15) is 0 Å². The summed E-state index contributed by atoms with van der Waals surface area (Å²) in [6.07, 6.45) is 10.6. The molecule has 0 aliphatic heterocycles. The van der Waals surface area contributed by atoms with Crippen molar-refractivity contribution in [3.8, 4) is 23.9 Å². The first-order valence-electron chi connectivity index (χ1n) is 3.20. The van der Waals surface area contributed by atoms with E-state index in [0.29, 0.717) is 0 Å². The van der Waals surface area contributed by atoms with Crippen molar-refractivity contribution >= 4 is 8.07 Å². The molecule has 0 aliphatic rings. The molecule has 0 radical (unpaired) electrons. The van der Waals surface area contributed by atoms with Gasteiger partial charge in [0, 0.05) is 0 Å². The van der Waals surface area contributed by atoms with Crippen molar-refractivity contribution in [3.63, 3.8) is 0 Å². The number of hydrogen-bond donors (Lipinski definition) is 0. The number of terminal acetylenes is 2. The Morgan fingerprint density at radius 2 is 1.44 bits per heavy atom. The maximum Gasteiger partial charge on any atom is 0.215 e. The summed E-state index contributed by atoms with van der Waals surface area (Å²) in [4.78, 5) is 0. The second kappa shape index (κ2) is 3.38. The summed E-state index contributed by atoms with van der Waals surface area (Å²) in [7, 11) is -1.64. The second-order valence-electron chi connectivity index (χ2n) is 2.08. The van der Waals surface area contributed by atoms with Crippen molar-refractivity contribution in [1.82, 2.24) is 0 Å². The molecule has 0 atom stereocenters. The van der Waals surface area contributed by atoms with Crippen LogP contribution in [0, 0.1) is 23.9 Å². The first-order valence-corrected chi connectivity index (χ1v) is 5.61. The van der Waals surface area contributed by atoms with E-state index in [4.69, 9.17) is 12.8 Å². The van der Waals surface area contributed by atoms with Gasteiger partial charge in [0.25, 0.3) is 0 Å². The van der Waals surface area contributed by atoms with Crippen LogP contribution in [0.25, 0.3) is 0 Å². The molecule has 0 rings (SSSR count). The monoisotopic (exact) mass is 136 g/mol. The summed E-state index contributed by atoms with van der Waals surface area (Å²) < 4.78 is 0. The van der Waals surface area contributed by atoms with Gasteiger partial charge in [0.2, 0.25) is 8.07 Å². The van der Waals surface area contributed by atoms with E-state index < -0.39 is 8.07 Å². The third kappa shape index (κ3) is 1.63. The third-order valence-corrected chi connectivity index (χ3v) is 5.28. The van der Waals surface area contributed by atoms with Gasteiger partial charge in [0.15, 0.2) is 0 Å². The molecule has 0 unspecified atom stereocenters. The summed E-state index contributed by atoms with van der Waals surface area (Å²) >= 11 is 0. The molecule has 0 fully saturated rings. The van der Waals surface area contributed by atoms with Crippen LogP contribution in [-0.2, 0) is 0 Å². The fourth-order valence-electron chi connectivity index (χ4n) is 0.700. The van der Waals surface area contributed by atoms with Crippen LogP contribution in [0.15, 0.2) is 0 Å². The Bertz CT molecular complexity index is 136. The predicted molar refractivity (Wildman–Crippen MR) is 44.4 cm³/mol. The average Bonchev–Trinajstić information content (AvgIpc) is 1.95. The Balaban J connectivity index is 4.28. The largest absolute Gasteiger partial charge is 0.215 e. The minimum Gasteiger partial charge on any atom is -0.126 e. The van der Waals surface area contributed by atoms with Crippen LogP contribution in [0.2, 0.25) is 12.1 Å². The molecule has 0 spiro atoms. The van der Waals surface area contributed by atoms with E-state index in [1.54, 1.807) is 0 Å². The third-order valence-electron chi connectivity index (χ3n) is 1.76. The first-order chi connectivity index (χ1) is 4.24. The van der Waals surface area contributed by atoms with Crippen molar-refractivity contribution in [1.29, 1.82) is 0 Å². The van der Waals surface area contributed by atoms with E-state index in [0.717, 1.165) is 12.1 Å². The molecule has 0 nitrogen and oxygen atoms in total. The van der Waals surface area contributed by atoms with Gasteiger partial charge < -0.3 is 0 Å². The Hall–Kier alpha value is -0.663. The van der Waals surface area contributed by atoms with Crippen LogP contribution in [-0.4, -0.2) is 8.07 Å². The van der Waals surface area contributed by atoms with E-state index in [2.05, 4.69) is 24.9 Å². The normalized spacial score (nSPS) is 9.78. The van der Waals surface area contributed by atoms with Crippen LogP contribution in [0.4, 0.5) is 0 Å². The van der Waals surface area contributed by atoms with Crippen LogP contribution in [0.3, 0.4) is 0 Å². The van der Waals surface area contributed by atoms with Gasteiger partial charge in [-0.05, 0) is 12.1 Å². The van der Waals surface area contributed by atoms with Gasteiger partial charge in [-0.1, -0.05) is 13.8 Å². The Kier molecular flexibility index (Phi) is 3.13. The van der Waals surface area contributed by atoms with Crippen LogP contribution < -0.4 is 0 Å². The molecule has 0 aromatic heterocycles. The SMILES string of the molecule is C#C[Si](C#C)(CC)CC. The Morgan fingerprint density at radius 1 is 1.11 bits per heavy atom. The van der Waals surface area contributed by atoms with Gasteiger partial charge in [0.1, 0.15) is 0 Å². The Labute approximate surface area is 58.7 Å². The molecule has 1 heteroatoms. The lowest BCUT2D eigenvalue weighted by atomic mass is 10.9. The van der Waals surface area contributed by atoms with E-state index in [1.165, 1.54) is 0 Å². The minimum atomic E-state index is -1.64. The number of hydrogen-bond acceptors (Lipinski definition) is 0. The zero-order valence-electron chi connectivity index (χ0n) is 6.07. The average molecular weight is 136 g/mol. The summed E-state index contributed by atoms with van der Waals surface area (Å²) in [5, 5.41) is 0. The molecule has 9 heavy (non-hydrogen) atoms. The smallest absolute Gasteiger partial charge is 0.126 e. The highest BCUT2D eigenvalue weighted by atomic mass is 28.3. The van der Waals surface area contributed by atoms with Crippen molar-refractivity contribution in [2.75, 3.05) is 0 Å². The van der Waals surface area contributed by atoms with Crippen molar-refractivity contribution in [2.45, 2.75) is 25.9 Å². The molecular weight excluding hydrogens is 124 g/mol. The standard InChI is InChI=1S/C8H12Si/c1-5-9(6-2,7-3)8-4/h1-2H,7-8H2,3-4H3. The highest BCUT2D eigenvalue weighted by Crippen LogP contribution is 2.11. The summed E-state index contributed by atoms with van der Waals surface area (Å²) in [6, 6.07) is 2.02. The van der Waals surface area contributed by atoms with E-state index >= 15 is 0 Å². The highest BCUT2D eigenvalue weighted by Gasteiger charge is 2.22. The zero-order chi connectivity index (χ0) is 7.33. The lowest BCUT2D eigenvalue weighted by Crippen LogP contribution is -2.28. The lowest BCUT2D eigenvalue weighted by Gasteiger charge is -2.12. The van der Waals surface area contributed by atoms with Gasteiger partial charge in [-0.3, -0.25) is 0 Å². The maximum absolute atomic E-state index is 5.31. The lowest BCUT2D eigenvalue weighted by molar-refractivity contribution is 1.31. The molecule has 48 valence electrons. The van der Waals surface area contributed by atoms with Crippen LogP contribution >= 0.6 is 0 Å². The van der Waals surface area contributed by atoms with Crippen LogP contribution in [0.5, 0.6) is 0 Å². The molecule has 0 bridgehead atoms. The topological polar surface area (TPSA) is 0 Å². The summed E-state index contributed by atoms with van der Waals surface area (Å²) in [5.41, 5.74) is 5.53. The van der Waals surface area contributed by atoms with Gasteiger partial charge in [-0.25, -0.2) is 0 Å². The molecule has 0 N–H and O–H groups in total. The molecule has 0 saturated heterocycles. The van der Waals surface area contributed by atoms with E-state index in [-0.39, 0.29) is 0 Å². The van der Waals surface area contributed by atoms with Crippen LogP contribution in [0.1, 0.15) is 13.8 Å². The maximum atomic E-state index is 5.31. The molecule has 0 saturated carbocycles. The van der Waals surface area contributed by atoms with Gasteiger partial charge in [0.05, 0.1) is 0 Å². The highest BCUT2D eigenvalue weighted by molar-refractivity contribution is 6.93. The fourth-order valence-corrected chi connectivity index (χ4v) is 2.10. The summed E-state index contributed by atoms with van der Waals surface area (Å²) in [5.74, 6) is 0. The Morgan fingerprint density at radius 3 is 1.44 bits per heavy atom. The summed E-state index contributed by atoms with van der Waals surface area (Å²) in [6.45, 7) is 4.16. The van der Waals surface area contributed by atoms with E-state index in [1.807, 2.05) is 0 Å². The quantitative estimate of drug-likeness (QED) is 0.401. The van der Waals surface area contributed by atoms with Crippen molar-refractivity contribution in [3.05, 3.63) is 0 Å². The molecule has 0 aromatic rings. The molecule has 0 aliphatic carbocycles. The fraction of sp³-hybridized carbons (Fsp3) is 0.500. The molecule has 0 heterocycles. The van der Waals surface area contributed by atoms with Gasteiger partial charge in [-0.15, -0.1) is 23.9 Å². The van der Waals surface area contributed by atoms with Crippen molar-refractivity contribution in [2.24, 2.45) is 0 Å². The zero-order valence-corrected chi connectivity index (χ0v) is 7.07. The molecular formula is C8H12Si. The first kappa shape index (κ1) is 8.34. The van der Waals surface area contributed by atoms with E-state index in [9.17, 15) is 0 Å². The second-order valence-corrected chi connectivity index (χ2v) is 6.23. The predicted octanol–water partition coefficient (Wildman–Crippen LogP) is 1.82. The molecule has 0 aromatic carbocycles. The number of rotatable bonds is 2. The molecule has 0 amide bonds. The minimum absolute atomic E-state index is 1.01. The van der Waals surface area contributed by atoms with Crippen molar-refractivity contribution < 1.29 is 0 Å².